The van der Waals surface area contributed by atoms with Gasteiger partial charge in [-0.15, -0.1) is 0 Å². The van der Waals surface area contributed by atoms with Crippen molar-refractivity contribution in [2.75, 3.05) is 0 Å². The molecule has 0 fully saturated rings. The molecule has 0 bridgehead atoms. The molecule has 0 aromatic carbocycles. The number of carbonyl (C=O) groups excluding carboxylic acids is 1. The van der Waals surface area contributed by atoms with Gasteiger partial charge >= 0.3 is 23.9 Å². The third-order valence-electron chi connectivity index (χ3n) is 3.02. The predicted octanol–water partition coefficient (Wildman–Crippen LogP) is 5.03. The van der Waals surface area contributed by atoms with Crippen molar-refractivity contribution in [2.24, 2.45) is 0 Å². The second kappa shape index (κ2) is 7.20. The maximum Gasteiger partial charge on any atom is 0.437 e. The summed E-state index contributed by atoms with van der Waals surface area (Å²) in [5.41, 5.74) is -4.57. The zero-order valence-corrected chi connectivity index (χ0v) is 16.2. The first-order valence-corrected chi connectivity index (χ1v) is 13.6. The molecule has 0 saturated heterocycles. The molecular formula is C13H22F6O3Si2. The summed E-state index contributed by atoms with van der Waals surface area (Å²) in [4.78, 5) is 11.1. The smallest absolute Gasteiger partial charge is 0.437 e. The second-order valence-electron chi connectivity index (χ2n) is 6.92. The van der Waals surface area contributed by atoms with Crippen LogP contribution in [0.1, 0.15) is 6.42 Å². The van der Waals surface area contributed by atoms with Crippen molar-refractivity contribution in [3.63, 3.8) is 0 Å². The number of ether oxygens (including phenoxy) is 1. The number of hydrogen-bond acceptors (Lipinski definition) is 3. The highest BCUT2D eigenvalue weighted by Crippen LogP contribution is 2.49. The van der Waals surface area contributed by atoms with Crippen LogP contribution < -0.4 is 0 Å². The summed E-state index contributed by atoms with van der Waals surface area (Å²) in [7, 11) is -4.97. The number of halogens is 6. The van der Waals surface area contributed by atoms with Crippen LogP contribution in [0.25, 0.3) is 0 Å². The van der Waals surface area contributed by atoms with Crippen molar-refractivity contribution < 1.29 is 40.0 Å². The van der Waals surface area contributed by atoms with Gasteiger partial charge in [0.25, 0.3) is 0 Å². The quantitative estimate of drug-likeness (QED) is 0.262. The Morgan fingerprint density at radius 1 is 1.00 bits per heavy atom. The molecular weight excluding hydrogens is 374 g/mol. The van der Waals surface area contributed by atoms with Crippen molar-refractivity contribution in [1.82, 2.24) is 0 Å². The van der Waals surface area contributed by atoms with Gasteiger partial charge in [0, 0.05) is 12.5 Å². The van der Waals surface area contributed by atoms with E-state index in [2.05, 4.69) is 11.3 Å². The number of carbonyl (C=O) groups is 1. The van der Waals surface area contributed by atoms with E-state index in [4.69, 9.17) is 4.12 Å². The van der Waals surface area contributed by atoms with E-state index in [0.29, 0.717) is 0 Å². The van der Waals surface area contributed by atoms with E-state index in [1.54, 1.807) is 19.6 Å². The van der Waals surface area contributed by atoms with E-state index < -0.39 is 53.0 Å². The molecule has 11 heteroatoms. The van der Waals surface area contributed by atoms with Crippen LogP contribution in [0, 0.1) is 0 Å². The Hall–Kier alpha value is -0.816. The number of esters is 1. The molecule has 0 N–H and O–H groups in total. The average molecular weight is 396 g/mol. The van der Waals surface area contributed by atoms with E-state index in [0.717, 1.165) is 0 Å². The van der Waals surface area contributed by atoms with Gasteiger partial charge in [-0.1, -0.05) is 6.58 Å². The Morgan fingerprint density at radius 2 is 1.42 bits per heavy atom. The van der Waals surface area contributed by atoms with Gasteiger partial charge in [0.1, 0.15) is 0 Å². The van der Waals surface area contributed by atoms with Crippen LogP contribution in [-0.4, -0.2) is 40.6 Å². The number of alkyl halides is 6. The fourth-order valence-corrected chi connectivity index (χ4v) is 10.2. The SMILES string of the molecule is C=CC(=O)OC(CC[Si](C)(C)O[Si](C)(C)C)(C(F)(F)F)C(F)(F)F. The third kappa shape index (κ3) is 6.24. The fourth-order valence-electron chi connectivity index (χ4n) is 2.18. The molecule has 0 heterocycles. The Bertz CT molecular complexity index is 452. The minimum absolute atomic E-state index is 0.271. The van der Waals surface area contributed by atoms with Gasteiger partial charge in [-0.3, -0.25) is 0 Å². The molecule has 0 spiro atoms. The molecule has 0 aromatic rings. The molecule has 0 unspecified atom stereocenters. The lowest BCUT2D eigenvalue weighted by Gasteiger charge is -2.39. The van der Waals surface area contributed by atoms with Crippen LogP contribution in [-0.2, 0) is 13.6 Å². The van der Waals surface area contributed by atoms with Gasteiger partial charge in [0.15, 0.2) is 16.6 Å². The highest BCUT2D eigenvalue weighted by atomic mass is 28.4. The Kier molecular flexibility index (Phi) is 6.96. The zero-order chi connectivity index (χ0) is 19.6. The van der Waals surface area contributed by atoms with Crippen LogP contribution in [0.5, 0.6) is 0 Å². The molecule has 24 heavy (non-hydrogen) atoms. The van der Waals surface area contributed by atoms with Crippen LogP contribution >= 0.6 is 0 Å². The van der Waals surface area contributed by atoms with Gasteiger partial charge in [0.2, 0.25) is 0 Å². The van der Waals surface area contributed by atoms with Crippen molar-refractivity contribution in [2.45, 2.75) is 63.2 Å². The summed E-state index contributed by atoms with van der Waals surface area (Å²) in [5, 5.41) is 0. The topological polar surface area (TPSA) is 35.5 Å². The molecule has 0 aliphatic heterocycles. The van der Waals surface area contributed by atoms with Crippen LogP contribution in [0.15, 0.2) is 12.7 Å². The summed E-state index contributed by atoms with van der Waals surface area (Å²) >= 11 is 0. The molecule has 3 nitrogen and oxygen atoms in total. The molecule has 0 aromatic heterocycles. The Morgan fingerprint density at radius 3 is 1.71 bits per heavy atom. The highest BCUT2D eigenvalue weighted by Gasteiger charge is 2.73. The average Bonchev–Trinajstić information content (AvgIpc) is 2.27. The largest absolute Gasteiger partial charge is 0.456 e. The first kappa shape index (κ1) is 23.2. The van der Waals surface area contributed by atoms with Gasteiger partial charge in [-0.05, 0) is 38.8 Å². The maximum atomic E-state index is 13.2. The van der Waals surface area contributed by atoms with E-state index in [1.165, 1.54) is 13.1 Å². The Labute approximate surface area is 139 Å². The van der Waals surface area contributed by atoms with E-state index in [-0.39, 0.29) is 6.08 Å². The molecule has 0 aliphatic carbocycles. The summed E-state index contributed by atoms with van der Waals surface area (Å²) in [6.07, 6.45) is -12.8. The van der Waals surface area contributed by atoms with E-state index in [1.807, 2.05) is 0 Å². The van der Waals surface area contributed by atoms with Crippen LogP contribution in [0.4, 0.5) is 26.3 Å². The number of hydrogen-bond donors (Lipinski definition) is 0. The molecule has 0 aliphatic rings. The molecule has 142 valence electrons. The minimum atomic E-state index is -5.81. The van der Waals surface area contributed by atoms with Crippen molar-refractivity contribution in [1.29, 1.82) is 0 Å². The zero-order valence-electron chi connectivity index (χ0n) is 14.2. The molecule has 0 amide bonds. The first-order chi connectivity index (χ1) is 10.4. The third-order valence-corrected chi connectivity index (χ3v) is 9.13. The highest BCUT2D eigenvalue weighted by molar-refractivity contribution is 6.84. The van der Waals surface area contributed by atoms with Gasteiger partial charge < -0.3 is 8.85 Å². The molecule has 0 saturated carbocycles. The van der Waals surface area contributed by atoms with E-state index in [9.17, 15) is 31.1 Å². The summed E-state index contributed by atoms with van der Waals surface area (Å²) in [6, 6.07) is -0.472. The lowest BCUT2D eigenvalue weighted by molar-refractivity contribution is -0.369. The normalized spacial score (nSPS) is 14.5. The summed E-state index contributed by atoms with van der Waals surface area (Å²) in [6.45, 7) is 11.3. The van der Waals surface area contributed by atoms with Gasteiger partial charge in [-0.25, -0.2) is 4.79 Å². The van der Waals surface area contributed by atoms with Crippen molar-refractivity contribution >= 4 is 22.6 Å². The maximum absolute atomic E-state index is 13.2. The number of rotatable bonds is 7. The van der Waals surface area contributed by atoms with Crippen molar-refractivity contribution in [3.05, 3.63) is 12.7 Å². The molecule has 0 atom stereocenters. The van der Waals surface area contributed by atoms with E-state index >= 15 is 0 Å². The standard InChI is InChI=1S/C13H22F6O3Si2/c1-7-10(20)21-11(12(14,15)16,13(17,18)19)8-9-24(5,6)22-23(2,3)4/h7H,1,8-9H2,2-6H3. The van der Waals surface area contributed by atoms with Crippen molar-refractivity contribution in [3.8, 4) is 0 Å². The minimum Gasteiger partial charge on any atom is -0.456 e. The predicted molar refractivity (Wildman–Crippen MR) is 82.5 cm³/mol. The van der Waals surface area contributed by atoms with Crippen LogP contribution in [0.3, 0.4) is 0 Å². The second-order valence-corrected chi connectivity index (χ2v) is 16.0. The Balaban J connectivity index is 5.72. The summed E-state index contributed by atoms with van der Waals surface area (Å²) in [5.74, 6) is -1.78. The van der Waals surface area contributed by atoms with Gasteiger partial charge in [-0.2, -0.15) is 26.3 Å². The first-order valence-electron chi connectivity index (χ1n) is 7.06. The van der Waals surface area contributed by atoms with Crippen LogP contribution in [0.2, 0.25) is 38.8 Å². The molecule has 0 rings (SSSR count). The molecule has 0 radical (unpaired) electrons. The summed E-state index contributed by atoms with van der Waals surface area (Å²) < 4.78 is 89.0. The fraction of sp³-hybridized carbons (Fsp3) is 0.769. The monoisotopic (exact) mass is 396 g/mol. The lowest BCUT2D eigenvalue weighted by atomic mass is 9.98. The van der Waals surface area contributed by atoms with Gasteiger partial charge in [0.05, 0.1) is 0 Å². The lowest BCUT2D eigenvalue weighted by Crippen LogP contribution is -2.60.